The summed E-state index contributed by atoms with van der Waals surface area (Å²) < 4.78 is 0. The number of phenols is 1. The smallest absolute Gasteiger partial charge is 0.270 e. The van der Waals surface area contributed by atoms with Crippen molar-refractivity contribution >= 4 is 17.9 Å². The second kappa shape index (κ2) is 8.83. The first kappa shape index (κ1) is 19.7. The molecule has 2 N–H and O–H groups in total. The summed E-state index contributed by atoms with van der Waals surface area (Å²) >= 11 is 0. The van der Waals surface area contributed by atoms with Gasteiger partial charge in [-0.15, -0.1) is 0 Å². The van der Waals surface area contributed by atoms with Crippen LogP contribution in [0.3, 0.4) is 0 Å². The molecule has 0 radical (unpaired) electrons. The van der Waals surface area contributed by atoms with Gasteiger partial charge in [0, 0.05) is 28.8 Å². The predicted octanol–water partition coefficient (Wildman–Crippen LogP) is 4.87. The molecule has 0 saturated carbocycles. The number of aromatic hydroxyl groups is 1. The van der Waals surface area contributed by atoms with Crippen LogP contribution >= 0.6 is 0 Å². The molecular weight excluding hydrogens is 394 g/mol. The molecule has 4 aromatic rings. The monoisotopic (exact) mass is 411 g/mol. The third-order valence-corrected chi connectivity index (χ3v) is 4.43. The van der Waals surface area contributed by atoms with Gasteiger partial charge in [0.2, 0.25) is 5.95 Å². The number of aromatic nitrogens is 2. The number of nitrogens with zero attached hydrogens (tertiary/aromatic N) is 4. The van der Waals surface area contributed by atoms with Crippen LogP contribution in [0.5, 0.6) is 5.75 Å². The van der Waals surface area contributed by atoms with Crippen LogP contribution in [0.25, 0.3) is 22.5 Å². The molecule has 4 rings (SSSR count). The summed E-state index contributed by atoms with van der Waals surface area (Å²) in [5, 5.41) is 25.3. The number of benzene rings is 3. The van der Waals surface area contributed by atoms with Crippen LogP contribution in [0, 0.1) is 10.1 Å². The Bertz CT molecular complexity index is 1260. The first-order valence-corrected chi connectivity index (χ1v) is 9.36. The van der Waals surface area contributed by atoms with Crippen LogP contribution in [-0.2, 0) is 0 Å². The van der Waals surface area contributed by atoms with Gasteiger partial charge in [0.25, 0.3) is 5.69 Å². The van der Waals surface area contributed by atoms with Crippen molar-refractivity contribution in [1.82, 2.24) is 9.97 Å². The van der Waals surface area contributed by atoms with E-state index in [1.807, 2.05) is 36.4 Å². The third kappa shape index (κ3) is 4.70. The summed E-state index contributed by atoms with van der Waals surface area (Å²) in [5.41, 5.74) is 5.94. The van der Waals surface area contributed by atoms with Crippen LogP contribution in [-0.4, -0.2) is 26.2 Å². The van der Waals surface area contributed by atoms with E-state index in [9.17, 15) is 15.2 Å². The molecule has 0 aliphatic carbocycles. The predicted molar refractivity (Wildman–Crippen MR) is 119 cm³/mol. The number of phenolic OH excluding ortho intramolecular Hbond substituents is 1. The highest BCUT2D eigenvalue weighted by molar-refractivity contribution is 5.81. The number of nitrogens with one attached hydrogen (secondary N) is 1. The van der Waals surface area contributed by atoms with Gasteiger partial charge in [0.15, 0.2) is 0 Å². The number of anilines is 1. The van der Waals surface area contributed by atoms with Crippen LogP contribution in [0.15, 0.2) is 90.0 Å². The maximum atomic E-state index is 10.9. The van der Waals surface area contributed by atoms with Crippen LogP contribution in [0.4, 0.5) is 11.6 Å². The molecule has 31 heavy (non-hydrogen) atoms. The van der Waals surface area contributed by atoms with E-state index in [1.165, 1.54) is 18.3 Å². The second-order valence-electron chi connectivity index (χ2n) is 6.57. The Kier molecular flexibility index (Phi) is 5.62. The molecule has 0 atom stereocenters. The average Bonchev–Trinajstić information content (AvgIpc) is 2.80. The highest BCUT2D eigenvalue weighted by atomic mass is 16.6. The minimum atomic E-state index is -0.462. The molecule has 152 valence electrons. The third-order valence-electron chi connectivity index (χ3n) is 4.43. The van der Waals surface area contributed by atoms with Crippen molar-refractivity contribution in [3.8, 4) is 28.3 Å². The van der Waals surface area contributed by atoms with Crippen molar-refractivity contribution in [2.45, 2.75) is 0 Å². The Morgan fingerprint density at radius 2 is 1.65 bits per heavy atom. The lowest BCUT2D eigenvalue weighted by atomic mass is 10.1. The largest absolute Gasteiger partial charge is 0.507 e. The van der Waals surface area contributed by atoms with Gasteiger partial charge in [0.1, 0.15) is 5.75 Å². The zero-order valence-corrected chi connectivity index (χ0v) is 16.2. The van der Waals surface area contributed by atoms with Gasteiger partial charge < -0.3 is 5.11 Å². The maximum absolute atomic E-state index is 10.9. The van der Waals surface area contributed by atoms with Gasteiger partial charge in [-0.1, -0.05) is 54.6 Å². The summed E-state index contributed by atoms with van der Waals surface area (Å²) in [7, 11) is 0. The van der Waals surface area contributed by atoms with Crippen molar-refractivity contribution in [3.63, 3.8) is 0 Å². The topological polar surface area (TPSA) is 114 Å². The molecule has 0 amide bonds. The fourth-order valence-electron chi connectivity index (χ4n) is 2.97. The zero-order valence-electron chi connectivity index (χ0n) is 16.2. The van der Waals surface area contributed by atoms with E-state index in [0.29, 0.717) is 22.5 Å². The number of hydrazone groups is 1. The molecule has 1 aromatic heterocycles. The quantitative estimate of drug-likeness (QED) is 0.266. The number of hydrogen-bond donors (Lipinski definition) is 2. The number of para-hydroxylation sites is 1. The van der Waals surface area contributed by atoms with Gasteiger partial charge in [-0.25, -0.2) is 15.4 Å². The van der Waals surface area contributed by atoms with E-state index in [0.717, 1.165) is 5.56 Å². The summed E-state index contributed by atoms with van der Waals surface area (Å²) in [6, 6.07) is 24.4. The van der Waals surface area contributed by atoms with Crippen LogP contribution < -0.4 is 5.43 Å². The fourth-order valence-corrected chi connectivity index (χ4v) is 2.97. The highest BCUT2D eigenvalue weighted by Crippen LogP contribution is 2.30. The van der Waals surface area contributed by atoms with Crippen molar-refractivity contribution in [1.29, 1.82) is 0 Å². The van der Waals surface area contributed by atoms with Gasteiger partial charge in [-0.3, -0.25) is 10.1 Å². The Balaban J connectivity index is 1.68. The molecule has 1 heterocycles. The number of rotatable bonds is 6. The average molecular weight is 411 g/mol. The van der Waals surface area contributed by atoms with E-state index < -0.39 is 4.92 Å². The standard InChI is InChI=1S/C23H17N5O3/c29-22-12-5-4-11-19(22)21-14-20(17-8-2-1-3-9-17)25-23(26-21)27-24-15-16-7-6-10-18(13-16)28(30)31/h1-15,29H,(H,25,26,27)/b24-15+. The van der Waals surface area contributed by atoms with Gasteiger partial charge >= 0.3 is 0 Å². The highest BCUT2D eigenvalue weighted by Gasteiger charge is 2.11. The molecular formula is C23H17N5O3. The maximum Gasteiger partial charge on any atom is 0.270 e. The Morgan fingerprint density at radius 1 is 0.903 bits per heavy atom. The summed E-state index contributed by atoms with van der Waals surface area (Å²) in [6.45, 7) is 0. The first-order chi connectivity index (χ1) is 15.1. The Morgan fingerprint density at radius 3 is 2.42 bits per heavy atom. The summed E-state index contributed by atoms with van der Waals surface area (Å²) in [6.07, 6.45) is 1.45. The normalized spacial score (nSPS) is 10.8. The lowest BCUT2D eigenvalue weighted by Crippen LogP contribution is -2.00. The van der Waals surface area contributed by atoms with E-state index in [-0.39, 0.29) is 17.4 Å². The molecule has 8 heteroatoms. The van der Waals surface area contributed by atoms with E-state index in [1.54, 1.807) is 36.4 Å². The number of hydrogen-bond acceptors (Lipinski definition) is 7. The summed E-state index contributed by atoms with van der Waals surface area (Å²) in [5.74, 6) is 0.326. The van der Waals surface area contributed by atoms with Gasteiger partial charge in [-0.05, 0) is 18.2 Å². The minimum Gasteiger partial charge on any atom is -0.507 e. The molecule has 8 nitrogen and oxygen atoms in total. The van der Waals surface area contributed by atoms with Gasteiger partial charge in [0.05, 0.1) is 22.5 Å². The second-order valence-corrected chi connectivity index (χ2v) is 6.57. The zero-order chi connectivity index (χ0) is 21.6. The van der Waals surface area contributed by atoms with Crippen molar-refractivity contribution < 1.29 is 10.0 Å². The molecule has 0 aliphatic rings. The summed E-state index contributed by atoms with van der Waals surface area (Å²) in [4.78, 5) is 19.4. The first-order valence-electron chi connectivity index (χ1n) is 9.36. The molecule has 3 aromatic carbocycles. The molecule has 0 fully saturated rings. The van der Waals surface area contributed by atoms with Crippen molar-refractivity contribution in [2.75, 3.05) is 5.43 Å². The van der Waals surface area contributed by atoms with Gasteiger partial charge in [-0.2, -0.15) is 5.10 Å². The minimum absolute atomic E-state index is 0.0203. The van der Waals surface area contributed by atoms with Crippen LogP contribution in [0.2, 0.25) is 0 Å². The number of nitro benzene ring substituents is 1. The SMILES string of the molecule is O=[N+]([O-])c1cccc(/C=N/Nc2nc(-c3ccccc3)cc(-c3ccccc3O)n2)c1. The van der Waals surface area contributed by atoms with Crippen LogP contribution in [0.1, 0.15) is 5.56 Å². The van der Waals surface area contributed by atoms with Crippen molar-refractivity contribution in [2.24, 2.45) is 5.10 Å². The molecule has 0 aliphatic heterocycles. The number of nitro groups is 1. The fraction of sp³-hybridized carbons (Fsp3) is 0. The molecule has 0 unspecified atom stereocenters. The van der Waals surface area contributed by atoms with Crippen molar-refractivity contribution in [3.05, 3.63) is 101 Å². The Labute approximate surface area is 177 Å². The van der Waals surface area contributed by atoms with E-state index >= 15 is 0 Å². The molecule has 0 saturated heterocycles. The lowest BCUT2D eigenvalue weighted by Gasteiger charge is -2.09. The van der Waals surface area contributed by atoms with E-state index in [4.69, 9.17) is 0 Å². The number of non-ortho nitro benzene ring substituents is 1. The molecule has 0 spiro atoms. The lowest BCUT2D eigenvalue weighted by molar-refractivity contribution is -0.384. The Hall–Kier alpha value is -4.59. The molecule has 0 bridgehead atoms. The van der Waals surface area contributed by atoms with E-state index in [2.05, 4.69) is 20.5 Å².